The van der Waals surface area contributed by atoms with E-state index in [1.54, 1.807) is 7.11 Å². The average molecular weight is 368 g/mol. The Hall–Kier alpha value is -2.18. The number of para-hydroxylation sites is 1. The number of benzene rings is 1. The Bertz CT molecular complexity index is 745. The first kappa shape index (κ1) is 18.2. The maximum Gasteiger partial charge on any atom is 0.135 e. The van der Waals surface area contributed by atoms with Gasteiger partial charge in [0.15, 0.2) is 0 Å². The molecule has 2 aliphatic heterocycles. The van der Waals surface area contributed by atoms with Crippen LogP contribution in [0.5, 0.6) is 0 Å². The fourth-order valence-electron chi connectivity index (χ4n) is 3.86. The molecule has 0 bridgehead atoms. The Morgan fingerprint density at radius 2 is 1.70 bits per heavy atom. The molecule has 144 valence electrons. The van der Waals surface area contributed by atoms with Gasteiger partial charge < -0.3 is 19.3 Å². The first-order valence-corrected chi connectivity index (χ1v) is 9.85. The van der Waals surface area contributed by atoms with Gasteiger partial charge in [0.1, 0.15) is 11.6 Å². The topological polar surface area (TPSA) is 50.7 Å². The van der Waals surface area contributed by atoms with Crippen LogP contribution in [0.15, 0.2) is 30.3 Å². The van der Waals surface area contributed by atoms with Crippen LogP contribution in [0.25, 0.3) is 0 Å². The first-order chi connectivity index (χ1) is 13.3. The van der Waals surface area contributed by atoms with Crippen molar-refractivity contribution in [1.29, 1.82) is 0 Å². The van der Waals surface area contributed by atoms with E-state index in [1.807, 2.05) is 0 Å². The van der Waals surface area contributed by atoms with Crippen molar-refractivity contribution in [3.8, 4) is 0 Å². The molecule has 1 aromatic carbocycles. The second-order valence-corrected chi connectivity index (χ2v) is 7.05. The molecule has 0 N–H and O–H groups in total. The highest BCUT2D eigenvalue weighted by Crippen LogP contribution is 2.26. The van der Waals surface area contributed by atoms with Gasteiger partial charge in [0.2, 0.25) is 0 Å². The molecule has 0 spiro atoms. The molecule has 0 unspecified atom stereocenters. The molecule has 2 aliphatic rings. The summed E-state index contributed by atoms with van der Waals surface area (Å²) in [6.07, 6.45) is 2.52. The van der Waals surface area contributed by atoms with Crippen molar-refractivity contribution < 1.29 is 9.47 Å². The predicted octanol–water partition coefficient (Wildman–Crippen LogP) is 2.11. The highest BCUT2D eigenvalue weighted by molar-refractivity contribution is 5.53. The molecule has 4 rings (SSSR count). The number of aromatic nitrogens is 2. The van der Waals surface area contributed by atoms with Gasteiger partial charge in [-0.3, -0.25) is 0 Å². The summed E-state index contributed by atoms with van der Waals surface area (Å²) in [5, 5.41) is 0. The summed E-state index contributed by atoms with van der Waals surface area (Å²) in [6.45, 7) is 6.11. The van der Waals surface area contributed by atoms with Gasteiger partial charge in [-0.15, -0.1) is 0 Å². The van der Waals surface area contributed by atoms with Gasteiger partial charge in [-0.2, -0.15) is 0 Å². The molecule has 1 saturated heterocycles. The van der Waals surface area contributed by atoms with Crippen LogP contribution in [-0.4, -0.2) is 63.1 Å². The lowest BCUT2D eigenvalue weighted by Gasteiger charge is -2.37. The van der Waals surface area contributed by atoms with Crippen LogP contribution >= 0.6 is 0 Å². The number of methoxy groups -OCH3 is 1. The average Bonchev–Trinajstić information content (AvgIpc) is 2.98. The Morgan fingerprint density at radius 3 is 2.48 bits per heavy atom. The van der Waals surface area contributed by atoms with Gasteiger partial charge in [-0.1, -0.05) is 18.2 Å². The molecule has 0 saturated carbocycles. The van der Waals surface area contributed by atoms with E-state index in [9.17, 15) is 0 Å². The number of anilines is 2. The van der Waals surface area contributed by atoms with Crippen molar-refractivity contribution in [2.45, 2.75) is 19.3 Å². The molecule has 0 amide bonds. The minimum Gasteiger partial charge on any atom is -0.384 e. The Balaban J connectivity index is 1.55. The minimum absolute atomic E-state index is 0.649. The maximum atomic E-state index is 5.70. The Kier molecular flexibility index (Phi) is 5.84. The van der Waals surface area contributed by atoms with E-state index < -0.39 is 0 Å². The van der Waals surface area contributed by atoms with Gasteiger partial charge >= 0.3 is 0 Å². The largest absolute Gasteiger partial charge is 0.384 e. The van der Waals surface area contributed by atoms with Crippen LogP contribution in [0.1, 0.15) is 17.1 Å². The van der Waals surface area contributed by atoms with E-state index in [-0.39, 0.29) is 0 Å². The SMILES string of the molecule is COCCc1nc2c(c(N3CCN(c4ccccc4)CC3)n1)CCOCC2. The van der Waals surface area contributed by atoms with Gasteiger partial charge in [0.05, 0.1) is 25.5 Å². The molecular weight excluding hydrogens is 340 g/mol. The third kappa shape index (κ3) is 4.22. The zero-order chi connectivity index (χ0) is 18.5. The molecule has 0 radical (unpaired) electrons. The second-order valence-electron chi connectivity index (χ2n) is 7.05. The van der Waals surface area contributed by atoms with Crippen molar-refractivity contribution in [2.24, 2.45) is 0 Å². The molecule has 1 aromatic heterocycles. The van der Waals surface area contributed by atoms with Crippen molar-refractivity contribution >= 4 is 11.5 Å². The summed E-state index contributed by atoms with van der Waals surface area (Å²) >= 11 is 0. The molecule has 27 heavy (non-hydrogen) atoms. The lowest BCUT2D eigenvalue weighted by atomic mass is 10.1. The number of rotatable bonds is 5. The number of hydrogen-bond donors (Lipinski definition) is 0. The standard InChI is InChI=1S/C21H28N4O2/c1-26-14-9-20-22-19-8-16-27-15-7-18(19)21(23-20)25-12-10-24(11-13-25)17-5-3-2-4-6-17/h2-6H,7-16H2,1H3. The van der Waals surface area contributed by atoms with E-state index in [2.05, 4.69) is 40.1 Å². The first-order valence-electron chi connectivity index (χ1n) is 9.85. The molecule has 0 atom stereocenters. The van der Waals surface area contributed by atoms with E-state index in [4.69, 9.17) is 19.4 Å². The van der Waals surface area contributed by atoms with Gasteiger partial charge in [0.25, 0.3) is 0 Å². The molecular formula is C21H28N4O2. The molecule has 1 fully saturated rings. The van der Waals surface area contributed by atoms with Gasteiger partial charge in [-0.25, -0.2) is 9.97 Å². The summed E-state index contributed by atoms with van der Waals surface area (Å²) < 4.78 is 10.9. The van der Waals surface area contributed by atoms with Crippen molar-refractivity contribution in [3.05, 3.63) is 47.4 Å². The number of piperazine rings is 1. The summed E-state index contributed by atoms with van der Waals surface area (Å²) in [5.41, 5.74) is 3.74. The zero-order valence-electron chi connectivity index (χ0n) is 16.1. The third-order valence-corrected chi connectivity index (χ3v) is 5.33. The summed E-state index contributed by atoms with van der Waals surface area (Å²) in [6, 6.07) is 10.7. The quantitative estimate of drug-likeness (QED) is 0.806. The lowest BCUT2D eigenvalue weighted by molar-refractivity contribution is 0.146. The summed E-state index contributed by atoms with van der Waals surface area (Å²) in [4.78, 5) is 14.6. The van der Waals surface area contributed by atoms with E-state index in [1.165, 1.54) is 11.3 Å². The molecule has 3 heterocycles. The van der Waals surface area contributed by atoms with Gasteiger partial charge in [0, 0.05) is 63.8 Å². The highest BCUT2D eigenvalue weighted by atomic mass is 16.5. The smallest absolute Gasteiger partial charge is 0.135 e. The Labute approximate surface area is 161 Å². The van der Waals surface area contributed by atoms with Crippen molar-refractivity contribution in [2.75, 3.05) is 62.9 Å². The summed E-state index contributed by atoms with van der Waals surface area (Å²) in [5.74, 6) is 2.00. The Morgan fingerprint density at radius 1 is 0.963 bits per heavy atom. The maximum absolute atomic E-state index is 5.70. The normalized spacial score (nSPS) is 17.5. The van der Waals surface area contributed by atoms with Crippen LogP contribution in [0, 0.1) is 0 Å². The van der Waals surface area contributed by atoms with Crippen molar-refractivity contribution in [1.82, 2.24) is 9.97 Å². The molecule has 6 nitrogen and oxygen atoms in total. The molecule has 2 aromatic rings. The summed E-state index contributed by atoms with van der Waals surface area (Å²) in [7, 11) is 1.72. The van der Waals surface area contributed by atoms with Crippen LogP contribution in [0.4, 0.5) is 11.5 Å². The zero-order valence-corrected chi connectivity index (χ0v) is 16.1. The highest BCUT2D eigenvalue weighted by Gasteiger charge is 2.24. The van der Waals surface area contributed by atoms with Crippen molar-refractivity contribution in [3.63, 3.8) is 0 Å². The van der Waals surface area contributed by atoms with Crippen LogP contribution in [0.2, 0.25) is 0 Å². The third-order valence-electron chi connectivity index (χ3n) is 5.33. The lowest BCUT2D eigenvalue weighted by Crippen LogP contribution is -2.47. The number of hydrogen-bond acceptors (Lipinski definition) is 6. The van der Waals surface area contributed by atoms with Gasteiger partial charge in [-0.05, 0) is 12.1 Å². The molecule has 6 heteroatoms. The predicted molar refractivity (Wildman–Crippen MR) is 107 cm³/mol. The van der Waals surface area contributed by atoms with Crippen LogP contribution in [-0.2, 0) is 28.7 Å². The number of fused-ring (bicyclic) bond motifs is 1. The van der Waals surface area contributed by atoms with Crippen LogP contribution < -0.4 is 9.80 Å². The fraction of sp³-hybridized carbons (Fsp3) is 0.524. The fourth-order valence-corrected chi connectivity index (χ4v) is 3.86. The number of nitrogens with zero attached hydrogens (tertiary/aromatic N) is 4. The van der Waals surface area contributed by atoms with E-state index >= 15 is 0 Å². The monoisotopic (exact) mass is 368 g/mol. The second kappa shape index (κ2) is 8.67. The van der Waals surface area contributed by atoms with E-state index in [0.717, 1.165) is 76.0 Å². The molecule has 0 aliphatic carbocycles. The number of ether oxygens (including phenoxy) is 2. The van der Waals surface area contributed by atoms with E-state index in [0.29, 0.717) is 6.61 Å². The van der Waals surface area contributed by atoms with Crippen LogP contribution in [0.3, 0.4) is 0 Å². The minimum atomic E-state index is 0.649.